The van der Waals surface area contributed by atoms with Gasteiger partial charge in [0.05, 0.1) is 11.6 Å². The Kier molecular flexibility index (Phi) is 4.27. The number of carboxylic acid groups (broad SMARTS) is 1. The van der Waals surface area contributed by atoms with Crippen molar-refractivity contribution in [1.82, 2.24) is 9.88 Å². The van der Waals surface area contributed by atoms with E-state index in [9.17, 15) is 9.90 Å². The normalized spacial score (nSPS) is 19.3. The summed E-state index contributed by atoms with van der Waals surface area (Å²) in [5.74, 6) is -0.728. The summed E-state index contributed by atoms with van der Waals surface area (Å²) < 4.78 is 0. The Labute approximate surface area is 150 Å². The van der Waals surface area contributed by atoms with Gasteiger partial charge in [0.2, 0.25) is 0 Å². The van der Waals surface area contributed by atoms with Crippen LogP contribution in [-0.4, -0.2) is 33.5 Å². The highest BCUT2D eigenvalue weighted by Gasteiger charge is 2.37. The molecule has 2 unspecified atom stereocenters. The van der Waals surface area contributed by atoms with Crippen molar-refractivity contribution in [2.45, 2.75) is 31.8 Å². The van der Waals surface area contributed by atoms with Crippen molar-refractivity contribution in [1.29, 1.82) is 0 Å². The summed E-state index contributed by atoms with van der Waals surface area (Å²) >= 11 is 1.71. The Morgan fingerprint density at radius 2 is 2.20 bits per heavy atom. The lowest BCUT2D eigenvalue weighted by Gasteiger charge is -2.31. The van der Waals surface area contributed by atoms with Crippen LogP contribution in [0.3, 0.4) is 0 Å². The highest BCUT2D eigenvalue weighted by Crippen LogP contribution is 2.39. The van der Waals surface area contributed by atoms with Crippen molar-refractivity contribution in [3.05, 3.63) is 64.0 Å². The van der Waals surface area contributed by atoms with Gasteiger partial charge in [-0.05, 0) is 54.5 Å². The molecular weight excluding hydrogens is 332 g/mol. The molecular formula is C20H20N2O2S. The van der Waals surface area contributed by atoms with E-state index in [-0.39, 0.29) is 6.04 Å². The molecule has 2 atom stereocenters. The molecule has 0 spiro atoms. The molecule has 128 valence electrons. The van der Waals surface area contributed by atoms with E-state index in [4.69, 9.17) is 0 Å². The van der Waals surface area contributed by atoms with E-state index >= 15 is 0 Å². The van der Waals surface area contributed by atoms with E-state index in [0.717, 1.165) is 29.4 Å². The van der Waals surface area contributed by atoms with Crippen LogP contribution >= 0.6 is 11.3 Å². The van der Waals surface area contributed by atoms with Crippen molar-refractivity contribution < 1.29 is 9.90 Å². The van der Waals surface area contributed by atoms with Crippen LogP contribution in [0.5, 0.6) is 0 Å². The highest BCUT2D eigenvalue weighted by atomic mass is 32.1. The predicted octanol–water partition coefficient (Wildman–Crippen LogP) is 4.24. The number of nitrogens with zero attached hydrogens (tertiary/aromatic N) is 2. The molecule has 0 aliphatic carbocycles. The number of pyridine rings is 1. The van der Waals surface area contributed by atoms with E-state index < -0.39 is 12.0 Å². The van der Waals surface area contributed by atoms with Crippen molar-refractivity contribution >= 4 is 28.2 Å². The molecule has 1 aromatic carbocycles. The second kappa shape index (κ2) is 6.58. The van der Waals surface area contributed by atoms with Crippen LogP contribution in [0.15, 0.2) is 48.0 Å². The SMILES string of the molecule is Cc1csc(C(c2ccnc3ccccc23)N2CCCC2C(=O)O)c1. The highest BCUT2D eigenvalue weighted by molar-refractivity contribution is 7.10. The Hall–Kier alpha value is -2.24. The second-order valence-corrected chi connectivity index (χ2v) is 7.52. The van der Waals surface area contributed by atoms with Gasteiger partial charge in [0.15, 0.2) is 0 Å². The van der Waals surface area contributed by atoms with E-state index in [1.165, 1.54) is 10.4 Å². The number of aromatic nitrogens is 1. The fourth-order valence-corrected chi connectivity index (χ4v) is 4.85. The van der Waals surface area contributed by atoms with Gasteiger partial charge in [-0.15, -0.1) is 11.3 Å². The van der Waals surface area contributed by atoms with Crippen molar-refractivity contribution in [2.75, 3.05) is 6.54 Å². The quantitative estimate of drug-likeness (QED) is 0.763. The second-order valence-electron chi connectivity index (χ2n) is 6.58. The van der Waals surface area contributed by atoms with E-state index in [0.29, 0.717) is 6.42 Å². The summed E-state index contributed by atoms with van der Waals surface area (Å²) in [4.78, 5) is 19.6. The van der Waals surface area contributed by atoms with Gasteiger partial charge < -0.3 is 5.11 Å². The van der Waals surface area contributed by atoms with Crippen molar-refractivity contribution in [3.8, 4) is 0 Å². The minimum Gasteiger partial charge on any atom is -0.480 e. The van der Waals surface area contributed by atoms with Gasteiger partial charge in [0.1, 0.15) is 6.04 Å². The molecule has 0 radical (unpaired) electrons. The fourth-order valence-electron chi connectivity index (χ4n) is 3.81. The van der Waals surface area contributed by atoms with Gasteiger partial charge in [0.25, 0.3) is 0 Å². The molecule has 25 heavy (non-hydrogen) atoms. The Bertz CT molecular complexity index is 915. The number of aliphatic carboxylic acids is 1. The molecule has 1 saturated heterocycles. The standard InChI is InChI=1S/C20H20N2O2S/c1-13-11-18(25-12-13)19(22-10-4-7-17(22)20(23)24)15-8-9-21-16-6-3-2-5-14(15)16/h2-3,5-6,8-9,11-12,17,19H,4,7,10H2,1H3,(H,23,24). The Morgan fingerprint density at radius 3 is 2.96 bits per heavy atom. The number of para-hydroxylation sites is 1. The first kappa shape index (κ1) is 16.2. The van der Waals surface area contributed by atoms with Gasteiger partial charge in [-0.3, -0.25) is 14.7 Å². The van der Waals surface area contributed by atoms with E-state index in [1.54, 1.807) is 11.3 Å². The number of fused-ring (bicyclic) bond motifs is 1. The number of hydrogen-bond donors (Lipinski definition) is 1. The van der Waals surface area contributed by atoms with Crippen LogP contribution in [0.25, 0.3) is 10.9 Å². The third kappa shape index (κ3) is 2.94. The zero-order chi connectivity index (χ0) is 17.4. The van der Waals surface area contributed by atoms with Crippen LogP contribution in [0.2, 0.25) is 0 Å². The van der Waals surface area contributed by atoms with Gasteiger partial charge in [0, 0.05) is 23.0 Å². The molecule has 4 rings (SSSR count). The first-order valence-corrected chi connectivity index (χ1v) is 9.40. The molecule has 2 aromatic heterocycles. The van der Waals surface area contributed by atoms with Gasteiger partial charge in [-0.1, -0.05) is 18.2 Å². The third-order valence-corrected chi connectivity index (χ3v) is 6.01. The predicted molar refractivity (Wildman–Crippen MR) is 100 cm³/mol. The van der Waals surface area contributed by atoms with Gasteiger partial charge in [-0.2, -0.15) is 0 Å². The minimum absolute atomic E-state index is 0.0461. The number of carbonyl (C=O) groups is 1. The topological polar surface area (TPSA) is 53.4 Å². The zero-order valence-corrected chi connectivity index (χ0v) is 14.9. The molecule has 0 bridgehead atoms. The number of likely N-dealkylation sites (tertiary alicyclic amines) is 1. The molecule has 3 aromatic rings. The largest absolute Gasteiger partial charge is 0.480 e. The van der Waals surface area contributed by atoms with Gasteiger partial charge in [-0.25, -0.2) is 0 Å². The summed E-state index contributed by atoms with van der Waals surface area (Å²) in [6.07, 6.45) is 3.46. The van der Waals surface area contributed by atoms with Crippen molar-refractivity contribution in [2.24, 2.45) is 0 Å². The zero-order valence-electron chi connectivity index (χ0n) is 14.1. The van der Waals surface area contributed by atoms with Gasteiger partial charge >= 0.3 is 5.97 Å². The molecule has 0 saturated carbocycles. The smallest absolute Gasteiger partial charge is 0.320 e. The minimum atomic E-state index is -0.728. The maximum absolute atomic E-state index is 11.8. The molecule has 3 heterocycles. The molecule has 0 amide bonds. The van der Waals surface area contributed by atoms with Crippen LogP contribution < -0.4 is 0 Å². The number of aryl methyl sites for hydroxylation is 1. The van der Waals surface area contributed by atoms with Crippen molar-refractivity contribution in [3.63, 3.8) is 0 Å². The molecule has 4 nitrogen and oxygen atoms in total. The first-order valence-electron chi connectivity index (χ1n) is 8.52. The number of hydrogen-bond acceptors (Lipinski definition) is 4. The lowest BCUT2D eigenvalue weighted by molar-refractivity contribution is -0.142. The average molecular weight is 352 g/mol. The van der Waals surface area contributed by atoms with E-state index in [1.807, 2.05) is 30.5 Å². The molecule has 5 heteroatoms. The van der Waals surface area contributed by atoms with Crippen LogP contribution in [0, 0.1) is 6.92 Å². The number of carboxylic acids is 1. The Morgan fingerprint density at radius 1 is 1.36 bits per heavy atom. The van der Waals surface area contributed by atoms with Crippen LogP contribution in [0.4, 0.5) is 0 Å². The molecule has 1 N–H and O–H groups in total. The van der Waals surface area contributed by atoms with E-state index in [2.05, 4.69) is 34.3 Å². The molecule has 1 aliphatic heterocycles. The lowest BCUT2D eigenvalue weighted by atomic mass is 9.98. The molecule has 1 aliphatic rings. The summed E-state index contributed by atoms with van der Waals surface area (Å²) in [6.45, 7) is 2.88. The first-order chi connectivity index (χ1) is 12.1. The Balaban J connectivity index is 1.90. The number of rotatable bonds is 4. The summed E-state index contributed by atoms with van der Waals surface area (Å²) in [7, 11) is 0. The molecule has 1 fully saturated rings. The van der Waals surface area contributed by atoms with Crippen LogP contribution in [-0.2, 0) is 4.79 Å². The lowest BCUT2D eigenvalue weighted by Crippen LogP contribution is -2.39. The maximum atomic E-state index is 11.8. The summed E-state index contributed by atoms with van der Waals surface area (Å²) in [6, 6.07) is 11.8. The number of thiophene rings is 1. The maximum Gasteiger partial charge on any atom is 0.320 e. The summed E-state index contributed by atoms with van der Waals surface area (Å²) in [5, 5.41) is 12.9. The van der Waals surface area contributed by atoms with Crippen LogP contribution in [0.1, 0.15) is 34.9 Å². The third-order valence-electron chi connectivity index (χ3n) is 4.91. The number of benzene rings is 1. The monoisotopic (exact) mass is 352 g/mol. The average Bonchev–Trinajstić information content (AvgIpc) is 3.25. The summed E-state index contributed by atoms with van der Waals surface area (Å²) in [5.41, 5.74) is 3.30. The fraction of sp³-hybridized carbons (Fsp3) is 0.300.